The fraction of sp³-hybridized carbons (Fsp3) is 0.417. The third kappa shape index (κ3) is 4.82. The Kier molecular flexibility index (Phi) is 7.05. The van der Waals surface area contributed by atoms with E-state index in [1.807, 2.05) is 0 Å². The van der Waals surface area contributed by atoms with Crippen LogP contribution in [0.2, 0.25) is 10.0 Å². The molecule has 2 N–H and O–H groups in total. The number of nitrogens with one attached hydrogen (secondary N) is 2. The van der Waals surface area contributed by atoms with Gasteiger partial charge >= 0.3 is 0 Å². The number of amides is 1. The molecular weight excluding hydrogens is 275 g/mol. The van der Waals surface area contributed by atoms with Crippen molar-refractivity contribution in [1.82, 2.24) is 10.6 Å². The van der Waals surface area contributed by atoms with Gasteiger partial charge in [-0.1, -0.05) is 29.3 Å². The minimum absolute atomic E-state index is 0.265. The molecule has 0 radical (unpaired) electrons. The topological polar surface area (TPSA) is 50.4 Å². The van der Waals surface area contributed by atoms with Crippen LogP contribution in [0.1, 0.15) is 10.4 Å². The van der Waals surface area contributed by atoms with Crippen molar-refractivity contribution in [2.45, 2.75) is 0 Å². The lowest BCUT2D eigenvalue weighted by Crippen LogP contribution is -2.33. The Morgan fingerprint density at radius 3 is 2.50 bits per heavy atom. The molecule has 0 heterocycles. The molecule has 1 amide bonds. The van der Waals surface area contributed by atoms with Crippen molar-refractivity contribution in [2.24, 2.45) is 0 Å². The summed E-state index contributed by atoms with van der Waals surface area (Å²) in [6.45, 7) is 2.56. The van der Waals surface area contributed by atoms with Crippen molar-refractivity contribution in [2.75, 3.05) is 33.4 Å². The van der Waals surface area contributed by atoms with Gasteiger partial charge in [-0.3, -0.25) is 4.79 Å². The van der Waals surface area contributed by atoms with E-state index in [1.54, 1.807) is 25.3 Å². The second-order valence-corrected chi connectivity index (χ2v) is 4.41. The van der Waals surface area contributed by atoms with Gasteiger partial charge in [0.05, 0.1) is 22.2 Å². The van der Waals surface area contributed by atoms with E-state index in [9.17, 15) is 4.79 Å². The van der Waals surface area contributed by atoms with Gasteiger partial charge in [0.25, 0.3) is 5.91 Å². The summed E-state index contributed by atoms with van der Waals surface area (Å²) >= 11 is 11.9. The second-order valence-electron chi connectivity index (χ2n) is 3.60. The van der Waals surface area contributed by atoms with Gasteiger partial charge in [0.2, 0.25) is 0 Å². The molecule has 1 aromatic rings. The number of methoxy groups -OCH3 is 1. The quantitative estimate of drug-likeness (QED) is 0.755. The first kappa shape index (κ1) is 15.2. The number of halogens is 2. The average Bonchev–Trinajstić information content (AvgIpc) is 2.33. The number of hydrogen-bond donors (Lipinski definition) is 2. The van der Waals surface area contributed by atoms with Gasteiger partial charge < -0.3 is 15.4 Å². The molecule has 0 saturated heterocycles. The summed E-state index contributed by atoms with van der Waals surface area (Å²) in [5.74, 6) is -0.265. The normalized spacial score (nSPS) is 10.4. The Morgan fingerprint density at radius 1 is 1.22 bits per heavy atom. The van der Waals surface area contributed by atoms with Crippen LogP contribution in [0.15, 0.2) is 18.2 Å². The monoisotopic (exact) mass is 290 g/mol. The minimum Gasteiger partial charge on any atom is -0.383 e. The molecule has 0 bridgehead atoms. The Bertz CT molecular complexity index is 379. The van der Waals surface area contributed by atoms with Crippen molar-refractivity contribution in [3.8, 4) is 0 Å². The number of carbonyl (C=O) groups excluding carboxylic acids is 1. The average molecular weight is 291 g/mol. The summed E-state index contributed by atoms with van der Waals surface area (Å²) in [6.07, 6.45) is 0. The molecule has 0 fully saturated rings. The molecule has 100 valence electrons. The van der Waals surface area contributed by atoms with Gasteiger partial charge in [0.1, 0.15) is 0 Å². The van der Waals surface area contributed by atoms with Crippen molar-refractivity contribution >= 4 is 29.1 Å². The summed E-state index contributed by atoms with van der Waals surface area (Å²) in [5, 5.41) is 6.57. The highest BCUT2D eigenvalue weighted by molar-refractivity contribution is 6.39. The van der Waals surface area contributed by atoms with Crippen molar-refractivity contribution in [3.63, 3.8) is 0 Å². The molecule has 4 nitrogen and oxygen atoms in total. The van der Waals surface area contributed by atoms with E-state index in [-0.39, 0.29) is 5.91 Å². The smallest absolute Gasteiger partial charge is 0.254 e. The van der Waals surface area contributed by atoms with Crippen molar-refractivity contribution in [3.05, 3.63) is 33.8 Å². The zero-order valence-corrected chi connectivity index (χ0v) is 11.6. The molecule has 0 saturated carbocycles. The summed E-state index contributed by atoms with van der Waals surface area (Å²) in [7, 11) is 1.64. The van der Waals surface area contributed by atoms with Crippen LogP contribution in [-0.2, 0) is 4.74 Å². The first-order valence-corrected chi connectivity index (χ1v) is 6.34. The third-order valence-corrected chi connectivity index (χ3v) is 2.89. The van der Waals surface area contributed by atoms with Crippen LogP contribution in [0.5, 0.6) is 0 Å². The highest BCUT2D eigenvalue weighted by Gasteiger charge is 2.13. The summed E-state index contributed by atoms with van der Waals surface area (Å²) in [5.41, 5.74) is 0.317. The SMILES string of the molecule is COCCNCCNC(=O)c1c(Cl)cccc1Cl. The zero-order chi connectivity index (χ0) is 13.4. The summed E-state index contributed by atoms with van der Waals surface area (Å²) < 4.78 is 4.89. The molecule has 0 aromatic heterocycles. The molecule has 1 rings (SSSR count). The van der Waals surface area contributed by atoms with Crippen LogP contribution in [-0.4, -0.2) is 39.3 Å². The maximum atomic E-state index is 11.8. The van der Waals surface area contributed by atoms with Crippen LogP contribution in [0.25, 0.3) is 0 Å². The Labute approximate surface area is 117 Å². The summed E-state index contributed by atoms with van der Waals surface area (Å²) in [4.78, 5) is 11.8. The molecule has 6 heteroatoms. The fourth-order valence-electron chi connectivity index (χ4n) is 1.37. The lowest BCUT2D eigenvalue weighted by Gasteiger charge is -2.09. The Hall–Kier alpha value is -0.810. The largest absolute Gasteiger partial charge is 0.383 e. The van der Waals surface area contributed by atoms with Crippen molar-refractivity contribution in [1.29, 1.82) is 0 Å². The van der Waals surface area contributed by atoms with Gasteiger partial charge in [0.15, 0.2) is 0 Å². The van der Waals surface area contributed by atoms with Gasteiger partial charge in [-0.15, -0.1) is 0 Å². The van der Waals surface area contributed by atoms with Crippen molar-refractivity contribution < 1.29 is 9.53 Å². The standard InChI is InChI=1S/C12H16Cl2N2O2/c1-18-8-7-15-5-6-16-12(17)11-9(13)3-2-4-10(11)14/h2-4,15H,5-8H2,1H3,(H,16,17). The minimum atomic E-state index is -0.265. The molecule has 1 aromatic carbocycles. The number of hydrogen-bond acceptors (Lipinski definition) is 3. The van der Waals surface area contributed by atoms with E-state index in [0.29, 0.717) is 35.3 Å². The highest BCUT2D eigenvalue weighted by Crippen LogP contribution is 2.23. The molecule has 0 aliphatic carbocycles. The molecule has 0 atom stereocenters. The van der Waals surface area contributed by atoms with Crippen LogP contribution in [0, 0.1) is 0 Å². The van der Waals surface area contributed by atoms with Gasteiger partial charge in [-0.2, -0.15) is 0 Å². The molecule has 0 unspecified atom stereocenters. The van der Waals surface area contributed by atoms with E-state index in [0.717, 1.165) is 6.54 Å². The first-order chi connectivity index (χ1) is 8.66. The van der Waals surface area contributed by atoms with E-state index in [1.165, 1.54) is 0 Å². The zero-order valence-electron chi connectivity index (χ0n) is 10.1. The van der Waals surface area contributed by atoms with Crippen LogP contribution in [0.3, 0.4) is 0 Å². The second kappa shape index (κ2) is 8.32. The van der Waals surface area contributed by atoms with E-state index in [2.05, 4.69) is 10.6 Å². The molecule has 18 heavy (non-hydrogen) atoms. The number of ether oxygens (including phenoxy) is 1. The lowest BCUT2D eigenvalue weighted by molar-refractivity contribution is 0.0954. The fourth-order valence-corrected chi connectivity index (χ4v) is 1.94. The third-order valence-electron chi connectivity index (χ3n) is 2.26. The lowest BCUT2D eigenvalue weighted by atomic mass is 10.2. The van der Waals surface area contributed by atoms with E-state index < -0.39 is 0 Å². The number of benzene rings is 1. The molecule has 0 aliphatic rings. The number of carbonyl (C=O) groups is 1. The van der Waals surface area contributed by atoms with Crippen LogP contribution in [0.4, 0.5) is 0 Å². The van der Waals surface area contributed by atoms with Gasteiger partial charge in [-0.25, -0.2) is 0 Å². The van der Waals surface area contributed by atoms with E-state index >= 15 is 0 Å². The van der Waals surface area contributed by atoms with Gasteiger partial charge in [0, 0.05) is 26.7 Å². The van der Waals surface area contributed by atoms with Gasteiger partial charge in [-0.05, 0) is 12.1 Å². The maximum absolute atomic E-state index is 11.8. The van der Waals surface area contributed by atoms with Crippen LogP contribution >= 0.6 is 23.2 Å². The Balaban J connectivity index is 2.37. The highest BCUT2D eigenvalue weighted by atomic mass is 35.5. The van der Waals surface area contributed by atoms with E-state index in [4.69, 9.17) is 27.9 Å². The molecule has 0 spiro atoms. The molecule has 0 aliphatic heterocycles. The predicted molar refractivity (Wildman–Crippen MR) is 73.5 cm³/mol. The molecular formula is C12H16Cl2N2O2. The Morgan fingerprint density at radius 2 is 1.89 bits per heavy atom. The summed E-state index contributed by atoms with van der Waals surface area (Å²) in [6, 6.07) is 4.98. The first-order valence-electron chi connectivity index (χ1n) is 5.58. The van der Waals surface area contributed by atoms with Crippen LogP contribution < -0.4 is 10.6 Å². The maximum Gasteiger partial charge on any atom is 0.254 e. The number of rotatable bonds is 7. The predicted octanol–water partition coefficient (Wildman–Crippen LogP) is 1.96.